The van der Waals surface area contributed by atoms with Crippen LogP contribution >= 0.6 is 0 Å². The Labute approximate surface area is 261 Å². The average molecular weight is 614 g/mol. The van der Waals surface area contributed by atoms with E-state index in [1.54, 1.807) is 0 Å². The van der Waals surface area contributed by atoms with Crippen LogP contribution in [-0.2, 0) is 15.7 Å². The minimum absolute atomic E-state index is 0.165. The molecule has 0 saturated carbocycles. The fraction of sp³-hybridized carbons (Fsp3) is 0.765. The van der Waals surface area contributed by atoms with Gasteiger partial charge in [-0.25, -0.2) is 9.78 Å². The monoisotopic (exact) mass is 613 g/mol. The molecule has 242 valence electrons. The SMILES string of the molecule is Cc1cc2nc(N)n(CCCCCO[Si](C)(C)C(C)(C)C)c2cc1N1CCC(C2CCN(C(=O)OC(C)(C)C)CC2)CC1. The van der Waals surface area contributed by atoms with E-state index in [9.17, 15) is 4.79 Å². The molecule has 2 N–H and O–H groups in total. The van der Waals surface area contributed by atoms with Gasteiger partial charge in [-0.15, -0.1) is 0 Å². The maximum absolute atomic E-state index is 12.5. The van der Waals surface area contributed by atoms with Gasteiger partial charge >= 0.3 is 6.09 Å². The third kappa shape index (κ3) is 8.47. The van der Waals surface area contributed by atoms with Gasteiger partial charge in [0.1, 0.15) is 5.60 Å². The van der Waals surface area contributed by atoms with Gasteiger partial charge in [0.05, 0.1) is 11.0 Å². The Morgan fingerprint density at radius 1 is 0.953 bits per heavy atom. The van der Waals surface area contributed by atoms with Gasteiger partial charge < -0.3 is 29.3 Å². The summed E-state index contributed by atoms with van der Waals surface area (Å²) in [4.78, 5) is 21.7. The second-order valence-corrected chi connectivity index (χ2v) is 20.4. The molecule has 0 spiro atoms. The van der Waals surface area contributed by atoms with Gasteiger partial charge in [-0.3, -0.25) is 0 Å². The number of unbranched alkanes of at least 4 members (excludes halogenated alkanes) is 2. The molecule has 0 bridgehead atoms. The number of likely N-dealkylation sites (tertiary alicyclic amines) is 1. The fourth-order valence-corrected chi connectivity index (χ4v) is 7.53. The molecule has 9 heteroatoms. The Kier molecular flexibility index (Phi) is 10.5. The molecule has 3 heterocycles. The normalized spacial score (nSPS) is 18.1. The number of nitrogens with two attached hydrogens (primary N) is 1. The van der Waals surface area contributed by atoms with Crippen LogP contribution in [0.25, 0.3) is 11.0 Å². The number of carbonyl (C=O) groups excluding carboxylic acids is 1. The van der Waals surface area contributed by atoms with E-state index in [2.05, 4.69) is 62.4 Å². The number of imidazole rings is 1. The van der Waals surface area contributed by atoms with Crippen molar-refractivity contribution in [2.45, 2.75) is 124 Å². The molecule has 4 rings (SSSR count). The molecule has 1 amide bonds. The highest BCUT2D eigenvalue weighted by Crippen LogP contribution is 2.38. The quantitative estimate of drug-likeness (QED) is 0.228. The zero-order valence-electron chi connectivity index (χ0n) is 28.6. The van der Waals surface area contributed by atoms with Crippen molar-refractivity contribution < 1.29 is 14.0 Å². The highest BCUT2D eigenvalue weighted by Gasteiger charge is 2.37. The van der Waals surface area contributed by atoms with Crippen molar-refractivity contribution in [2.24, 2.45) is 11.8 Å². The van der Waals surface area contributed by atoms with Gasteiger partial charge in [0.2, 0.25) is 5.95 Å². The first-order valence-electron chi connectivity index (χ1n) is 16.7. The third-order valence-corrected chi connectivity index (χ3v) is 14.7. The Hall–Kier alpha value is -2.26. The van der Waals surface area contributed by atoms with Crippen molar-refractivity contribution in [1.82, 2.24) is 14.5 Å². The average Bonchev–Trinajstić information content (AvgIpc) is 3.22. The molecule has 0 aliphatic carbocycles. The summed E-state index contributed by atoms with van der Waals surface area (Å²) < 4.78 is 14.2. The van der Waals surface area contributed by atoms with Crippen LogP contribution in [0.2, 0.25) is 18.1 Å². The maximum atomic E-state index is 12.5. The summed E-state index contributed by atoms with van der Waals surface area (Å²) in [6, 6.07) is 4.54. The maximum Gasteiger partial charge on any atom is 0.410 e. The molecule has 2 saturated heterocycles. The van der Waals surface area contributed by atoms with Gasteiger partial charge in [-0.2, -0.15) is 0 Å². The number of amides is 1. The Bertz CT molecular complexity index is 1230. The van der Waals surface area contributed by atoms with Crippen LogP contribution in [0.5, 0.6) is 0 Å². The third-order valence-electron chi connectivity index (χ3n) is 10.1. The topological polar surface area (TPSA) is 85.9 Å². The minimum atomic E-state index is -1.68. The van der Waals surface area contributed by atoms with E-state index in [1.165, 1.54) is 24.1 Å². The van der Waals surface area contributed by atoms with Crippen LogP contribution < -0.4 is 10.6 Å². The molecular formula is C34H59N5O3Si. The van der Waals surface area contributed by atoms with Crippen molar-refractivity contribution in [2.75, 3.05) is 43.4 Å². The minimum Gasteiger partial charge on any atom is -0.444 e. The molecule has 0 unspecified atom stereocenters. The highest BCUT2D eigenvalue weighted by atomic mass is 28.4. The molecule has 0 radical (unpaired) electrons. The Morgan fingerprint density at radius 3 is 2.14 bits per heavy atom. The summed E-state index contributed by atoms with van der Waals surface area (Å²) in [5, 5.41) is 0.253. The van der Waals surface area contributed by atoms with Crippen molar-refractivity contribution in [1.29, 1.82) is 0 Å². The van der Waals surface area contributed by atoms with E-state index < -0.39 is 13.9 Å². The summed E-state index contributed by atoms with van der Waals surface area (Å²) in [6.07, 6.45) is 7.67. The second-order valence-electron chi connectivity index (χ2n) is 15.5. The lowest BCUT2D eigenvalue weighted by molar-refractivity contribution is 0.0152. The van der Waals surface area contributed by atoms with E-state index in [4.69, 9.17) is 19.9 Å². The van der Waals surface area contributed by atoms with E-state index in [-0.39, 0.29) is 11.1 Å². The first-order valence-corrected chi connectivity index (χ1v) is 19.6. The summed E-state index contributed by atoms with van der Waals surface area (Å²) in [5.41, 5.74) is 10.7. The summed E-state index contributed by atoms with van der Waals surface area (Å²) >= 11 is 0. The summed E-state index contributed by atoms with van der Waals surface area (Å²) in [5.74, 6) is 2.03. The van der Waals surface area contributed by atoms with Gasteiger partial charge in [0.15, 0.2) is 8.32 Å². The first kappa shape index (κ1) is 33.6. The standard InChI is InChI=1S/C34H59N5O3Si/c1-25-23-28-30(39(31(35)36-28)17-11-10-12-22-41-43(8,9)34(5,6)7)24-29(25)37-18-13-26(14-19-37)27-15-20-38(21-16-27)32(40)42-33(2,3)4/h23-24,26-27H,10-22H2,1-9H3,(H2,35,36). The van der Waals surface area contributed by atoms with Crippen molar-refractivity contribution >= 4 is 37.1 Å². The number of anilines is 2. The lowest BCUT2D eigenvalue weighted by atomic mass is 9.78. The lowest BCUT2D eigenvalue weighted by Crippen LogP contribution is -2.44. The number of benzene rings is 1. The van der Waals surface area contributed by atoms with Crippen LogP contribution in [-0.4, -0.2) is 67.2 Å². The molecule has 43 heavy (non-hydrogen) atoms. The van der Waals surface area contributed by atoms with Crippen LogP contribution in [0.3, 0.4) is 0 Å². The number of nitrogens with zero attached hydrogens (tertiary/aromatic N) is 4. The number of carbonyl (C=O) groups is 1. The number of aryl methyl sites for hydroxylation is 2. The largest absolute Gasteiger partial charge is 0.444 e. The molecule has 2 fully saturated rings. The van der Waals surface area contributed by atoms with Crippen molar-refractivity contribution in [3.05, 3.63) is 17.7 Å². The molecule has 2 aliphatic heterocycles. The molecule has 8 nitrogen and oxygen atoms in total. The van der Waals surface area contributed by atoms with Gasteiger partial charge in [0.25, 0.3) is 0 Å². The second kappa shape index (κ2) is 13.4. The summed E-state index contributed by atoms with van der Waals surface area (Å²) in [7, 11) is -1.68. The van der Waals surface area contributed by atoms with Crippen LogP contribution in [0.4, 0.5) is 16.4 Å². The molecule has 2 aliphatic rings. The number of fused-ring (bicyclic) bond motifs is 1. The van der Waals surface area contributed by atoms with Crippen LogP contribution in [0, 0.1) is 18.8 Å². The highest BCUT2D eigenvalue weighted by molar-refractivity contribution is 6.74. The number of aromatic nitrogens is 2. The molecular weight excluding hydrogens is 554 g/mol. The molecule has 1 aromatic heterocycles. The smallest absolute Gasteiger partial charge is 0.410 e. The van der Waals surface area contributed by atoms with Gasteiger partial charge in [-0.05, 0) is 120 Å². The fourth-order valence-electron chi connectivity index (χ4n) is 6.44. The number of hydrogen-bond acceptors (Lipinski definition) is 6. The van der Waals surface area contributed by atoms with Crippen LogP contribution in [0.1, 0.15) is 92.1 Å². The Balaban J connectivity index is 1.29. The van der Waals surface area contributed by atoms with Crippen molar-refractivity contribution in [3.8, 4) is 0 Å². The molecule has 2 aromatic rings. The van der Waals surface area contributed by atoms with Crippen LogP contribution in [0.15, 0.2) is 12.1 Å². The van der Waals surface area contributed by atoms with Gasteiger partial charge in [0, 0.05) is 45.0 Å². The first-order chi connectivity index (χ1) is 20.1. The summed E-state index contributed by atoms with van der Waals surface area (Å²) in [6.45, 7) is 25.0. The van der Waals surface area contributed by atoms with E-state index in [0.717, 1.165) is 88.4 Å². The predicted molar refractivity (Wildman–Crippen MR) is 181 cm³/mol. The molecule has 0 atom stereocenters. The number of piperidine rings is 2. The lowest BCUT2D eigenvalue weighted by Gasteiger charge is -2.41. The zero-order chi connectivity index (χ0) is 31.6. The van der Waals surface area contributed by atoms with E-state index >= 15 is 0 Å². The number of nitrogen functional groups attached to an aromatic ring is 1. The zero-order valence-corrected chi connectivity index (χ0v) is 29.6. The van der Waals surface area contributed by atoms with E-state index in [0.29, 0.717) is 11.9 Å². The molecule has 1 aromatic carbocycles. The Morgan fingerprint density at radius 2 is 1.56 bits per heavy atom. The number of hydrogen-bond donors (Lipinski definition) is 1. The predicted octanol–water partition coefficient (Wildman–Crippen LogP) is 7.98. The van der Waals surface area contributed by atoms with Gasteiger partial charge in [-0.1, -0.05) is 20.8 Å². The number of rotatable bonds is 9. The van der Waals surface area contributed by atoms with Crippen molar-refractivity contribution in [3.63, 3.8) is 0 Å². The number of ether oxygens (including phenoxy) is 1. The van der Waals surface area contributed by atoms with E-state index in [1.807, 2.05) is 25.7 Å².